The lowest BCUT2D eigenvalue weighted by atomic mass is 10.1. The second-order valence-electron chi connectivity index (χ2n) is 7.83. The molecule has 1 aromatic rings. The summed E-state index contributed by atoms with van der Waals surface area (Å²) in [5, 5.41) is 3.53. The van der Waals surface area contributed by atoms with Crippen molar-refractivity contribution in [3.63, 3.8) is 0 Å². The van der Waals surface area contributed by atoms with E-state index in [0.717, 1.165) is 30.8 Å². The van der Waals surface area contributed by atoms with E-state index in [4.69, 9.17) is 0 Å². The lowest BCUT2D eigenvalue weighted by Crippen LogP contribution is -2.66. The number of amides is 3. The molecule has 0 bridgehead atoms. The van der Waals surface area contributed by atoms with Gasteiger partial charge in [-0.1, -0.05) is 29.8 Å². The molecule has 144 valence electrons. The van der Waals surface area contributed by atoms with Crippen LogP contribution in [0.15, 0.2) is 36.4 Å². The number of aryl methyl sites for hydroxylation is 1. The number of fused-ring (bicyclic) bond motifs is 3. The Bertz CT molecular complexity index is 777. The summed E-state index contributed by atoms with van der Waals surface area (Å²) in [6.07, 6.45) is 0.559. The van der Waals surface area contributed by atoms with Crippen LogP contribution in [0.25, 0.3) is 0 Å². The number of nitrogens with zero attached hydrogens (tertiary/aromatic N) is 4. The molecule has 1 aromatic carbocycles. The van der Waals surface area contributed by atoms with Gasteiger partial charge in [-0.3, -0.25) is 19.9 Å². The summed E-state index contributed by atoms with van der Waals surface area (Å²) in [6.45, 7) is 9.79. The van der Waals surface area contributed by atoms with Crippen molar-refractivity contribution in [1.82, 2.24) is 20.0 Å². The van der Waals surface area contributed by atoms with E-state index in [0.29, 0.717) is 0 Å². The average molecular weight is 369 g/mol. The zero-order chi connectivity index (χ0) is 19.3. The van der Waals surface area contributed by atoms with Crippen LogP contribution in [0.2, 0.25) is 0 Å². The highest BCUT2D eigenvalue weighted by Crippen LogP contribution is 2.33. The first kappa shape index (κ1) is 18.0. The molecule has 3 heterocycles. The fourth-order valence-corrected chi connectivity index (χ4v) is 4.34. The monoisotopic (exact) mass is 369 g/mol. The third-order valence-electron chi connectivity index (χ3n) is 5.66. The Morgan fingerprint density at radius 3 is 2.59 bits per heavy atom. The minimum absolute atomic E-state index is 0.0968. The second-order valence-corrected chi connectivity index (χ2v) is 7.83. The highest BCUT2D eigenvalue weighted by molar-refractivity contribution is 6.00. The summed E-state index contributed by atoms with van der Waals surface area (Å²) < 4.78 is 0. The molecule has 3 saturated heterocycles. The van der Waals surface area contributed by atoms with Gasteiger partial charge in [-0.25, -0.2) is 4.79 Å². The normalized spacial score (nSPS) is 28.4. The number of urea groups is 1. The van der Waals surface area contributed by atoms with Gasteiger partial charge in [0.15, 0.2) is 0 Å². The molecule has 0 radical (unpaired) electrons. The Kier molecular flexibility index (Phi) is 4.44. The van der Waals surface area contributed by atoms with E-state index in [9.17, 15) is 9.59 Å². The van der Waals surface area contributed by atoms with E-state index in [-0.39, 0.29) is 37.0 Å². The number of likely N-dealkylation sites (N-methyl/N-ethyl adjacent to an activating group) is 1. The molecule has 3 aliphatic rings. The van der Waals surface area contributed by atoms with Crippen LogP contribution in [-0.2, 0) is 4.79 Å². The number of anilines is 1. The number of benzene rings is 1. The molecule has 0 aromatic heterocycles. The topological polar surface area (TPSA) is 59.1 Å². The molecule has 0 saturated carbocycles. The van der Waals surface area contributed by atoms with Crippen molar-refractivity contribution in [1.29, 1.82) is 0 Å². The van der Waals surface area contributed by atoms with Crippen molar-refractivity contribution in [2.75, 3.05) is 31.6 Å². The Morgan fingerprint density at radius 2 is 1.93 bits per heavy atom. The van der Waals surface area contributed by atoms with Gasteiger partial charge in [0, 0.05) is 25.8 Å². The smallest absolute Gasteiger partial charge is 0.328 e. The predicted octanol–water partition coefficient (Wildman–Crippen LogP) is 1.56. The highest BCUT2D eigenvalue weighted by atomic mass is 16.2. The fourth-order valence-electron chi connectivity index (χ4n) is 4.34. The van der Waals surface area contributed by atoms with Crippen LogP contribution in [0, 0.1) is 6.92 Å². The van der Waals surface area contributed by atoms with Gasteiger partial charge in [0.05, 0.1) is 6.54 Å². The van der Waals surface area contributed by atoms with E-state index in [2.05, 4.69) is 52.9 Å². The first-order valence-corrected chi connectivity index (χ1v) is 9.46. The molecule has 0 aliphatic carbocycles. The van der Waals surface area contributed by atoms with Gasteiger partial charge in [-0.15, -0.1) is 0 Å². The summed E-state index contributed by atoms with van der Waals surface area (Å²) in [7, 11) is 1.76. The SMILES string of the molecule is C=C(C)CN1C(=O)C2C(NC3N(c4ccc(C)cc4)CCCN23)N(C)C1=O. The van der Waals surface area contributed by atoms with Crippen molar-refractivity contribution in [3.8, 4) is 0 Å². The molecule has 3 atom stereocenters. The summed E-state index contributed by atoms with van der Waals surface area (Å²) in [6, 6.07) is 7.81. The lowest BCUT2D eigenvalue weighted by molar-refractivity contribution is -0.138. The standard InChI is InChI=1S/C20H27N5O2/c1-13(2)12-25-18(26)16-17(22(4)20(25)27)21-19-23(10-5-11-24(16)19)15-8-6-14(3)7-9-15/h6-9,16-17,19,21H,1,5,10-12H2,2-4H3. The number of carbonyl (C=O) groups is 2. The second kappa shape index (κ2) is 6.65. The molecule has 1 N–H and O–H groups in total. The largest absolute Gasteiger partial charge is 0.343 e. The van der Waals surface area contributed by atoms with Crippen molar-refractivity contribution in [2.45, 2.75) is 38.8 Å². The van der Waals surface area contributed by atoms with E-state index < -0.39 is 0 Å². The maximum atomic E-state index is 13.2. The van der Waals surface area contributed by atoms with Crippen LogP contribution in [-0.4, -0.2) is 71.8 Å². The van der Waals surface area contributed by atoms with Gasteiger partial charge in [-0.05, 0) is 32.4 Å². The van der Waals surface area contributed by atoms with Crippen LogP contribution >= 0.6 is 0 Å². The Labute approximate surface area is 160 Å². The number of hydrogen-bond acceptors (Lipinski definition) is 5. The maximum Gasteiger partial charge on any atom is 0.328 e. The van der Waals surface area contributed by atoms with Crippen LogP contribution in [0.1, 0.15) is 18.9 Å². The van der Waals surface area contributed by atoms with Crippen LogP contribution < -0.4 is 10.2 Å². The summed E-state index contributed by atoms with van der Waals surface area (Å²) in [5.41, 5.74) is 3.14. The van der Waals surface area contributed by atoms with E-state index in [1.165, 1.54) is 10.5 Å². The molecule has 0 spiro atoms. The molecule has 27 heavy (non-hydrogen) atoms. The number of imide groups is 1. The minimum atomic E-state index is -0.370. The Balaban J connectivity index is 1.65. The third-order valence-corrected chi connectivity index (χ3v) is 5.66. The van der Waals surface area contributed by atoms with Crippen molar-refractivity contribution in [3.05, 3.63) is 42.0 Å². The number of rotatable bonds is 3. The molecule has 3 unspecified atom stereocenters. The van der Waals surface area contributed by atoms with E-state index in [1.807, 2.05) is 6.92 Å². The fraction of sp³-hybridized carbons (Fsp3) is 0.500. The lowest BCUT2D eigenvalue weighted by Gasteiger charge is -2.44. The van der Waals surface area contributed by atoms with Gasteiger partial charge in [0.25, 0.3) is 5.91 Å². The van der Waals surface area contributed by atoms with Gasteiger partial charge in [0.1, 0.15) is 18.5 Å². The van der Waals surface area contributed by atoms with Crippen molar-refractivity contribution in [2.24, 2.45) is 0 Å². The van der Waals surface area contributed by atoms with Crippen LogP contribution in [0.3, 0.4) is 0 Å². The Morgan fingerprint density at radius 1 is 1.22 bits per heavy atom. The molecular weight excluding hydrogens is 342 g/mol. The number of nitrogens with one attached hydrogen (secondary N) is 1. The van der Waals surface area contributed by atoms with E-state index in [1.54, 1.807) is 11.9 Å². The van der Waals surface area contributed by atoms with Crippen LogP contribution in [0.5, 0.6) is 0 Å². The molecule has 7 heteroatoms. The van der Waals surface area contributed by atoms with Gasteiger partial charge >= 0.3 is 6.03 Å². The highest BCUT2D eigenvalue weighted by Gasteiger charge is 2.55. The summed E-state index contributed by atoms with van der Waals surface area (Å²) >= 11 is 0. The molecular formula is C20H27N5O2. The number of carbonyl (C=O) groups excluding carboxylic acids is 2. The van der Waals surface area contributed by atoms with E-state index >= 15 is 0 Å². The summed E-state index contributed by atoms with van der Waals surface area (Å²) in [4.78, 5) is 33.4. The third kappa shape index (κ3) is 2.91. The first-order valence-electron chi connectivity index (χ1n) is 9.46. The molecule has 3 fully saturated rings. The quantitative estimate of drug-likeness (QED) is 0.820. The minimum Gasteiger partial charge on any atom is -0.343 e. The number of hydrogen-bond donors (Lipinski definition) is 1. The molecule has 4 rings (SSSR count). The average Bonchev–Trinajstić information content (AvgIpc) is 3.04. The van der Waals surface area contributed by atoms with Crippen molar-refractivity contribution < 1.29 is 9.59 Å². The van der Waals surface area contributed by atoms with Gasteiger partial charge < -0.3 is 9.80 Å². The molecule has 3 aliphatic heterocycles. The van der Waals surface area contributed by atoms with Gasteiger partial charge in [-0.2, -0.15) is 0 Å². The van der Waals surface area contributed by atoms with Gasteiger partial charge in [0.2, 0.25) is 0 Å². The zero-order valence-corrected chi connectivity index (χ0v) is 16.2. The molecule has 7 nitrogen and oxygen atoms in total. The maximum absolute atomic E-state index is 13.2. The van der Waals surface area contributed by atoms with Crippen LogP contribution in [0.4, 0.5) is 10.5 Å². The zero-order valence-electron chi connectivity index (χ0n) is 16.2. The first-order chi connectivity index (χ1) is 12.9. The molecule has 3 amide bonds. The summed E-state index contributed by atoms with van der Waals surface area (Å²) in [5.74, 6) is -0.133. The Hall–Kier alpha value is -2.38. The van der Waals surface area contributed by atoms with Crippen molar-refractivity contribution >= 4 is 17.6 Å². The predicted molar refractivity (Wildman–Crippen MR) is 104 cm³/mol.